The Kier molecular flexibility index (Phi) is 28.2. The maximum absolute atomic E-state index is 13.8. The summed E-state index contributed by atoms with van der Waals surface area (Å²) >= 11 is 0. The number of hydrogen-bond acceptors (Lipinski definition) is 8. The average molecular weight is 1360 g/mol. The van der Waals surface area contributed by atoms with Crippen molar-refractivity contribution in [2.75, 3.05) is 52.9 Å². The van der Waals surface area contributed by atoms with Gasteiger partial charge in [-0.25, -0.2) is 35.1 Å². The fourth-order valence-electron chi connectivity index (χ4n) is 11.8. The summed E-state index contributed by atoms with van der Waals surface area (Å²) in [5.74, 6) is -2.41. The number of unbranched alkanes of at least 4 members (excludes halogenated alkanes) is 3. The standard InChI is InChI=1S/C22H26F2O2.C21H24F2O2.C20H22F2O2.C19H20F2O2/c1-3-4-5-6-16-13-25-22(26-14-16)18-9-7-17(8-10-18)19-11-20(23)15(2)21(24)12-19;1-3-4-5-15-12-24-21(25-13-15)17-8-6-16(7-9-17)18-10-19(22)14(2)20(23)11-18;1-3-4-14-11-23-20(24-12-14)16-7-5-15(6-8-16)17-9-18(21)13(2)19(22)10-17;1-3-13-10-22-19(23-11-13)15-6-4-14(5-7-15)16-8-17(20)12(2)18(21)9-16/h7-12,16,22H,3-6,13-14H2,1-2H3;6-11,15,21H,3-5,12-13H2,1-2H3;5-10,14,20H,3-4,11-12H2,1-2H3;4-9,13,19H,3,10-11H2,1-2H3. The van der Waals surface area contributed by atoms with Crippen LogP contribution in [0.3, 0.4) is 0 Å². The Hall–Kier alpha value is -7.12. The van der Waals surface area contributed by atoms with Crippen LogP contribution in [0.15, 0.2) is 146 Å². The summed E-state index contributed by atoms with van der Waals surface area (Å²) in [5.41, 5.74) is 8.99. The molecule has 8 nitrogen and oxygen atoms in total. The molecule has 0 spiro atoms. The molecule has 0 aromatic heterocycles. The van der Waals surface area contributed by atoms with Gasteiger partial charge in [-0.3, -0.25) is 0 Å². The molecular weight excluding hydrogens is 1260 g/mol. The van der Waals surface area contributed by atoms with Crippen LogP contribution in [0, 0.1) is 97.9 Å². The van der Waals surface area contributed by atoms with Crippen LogP contribution in [0.1, 0.15) is 162 Å². The fraction of sp³-hybridized carbons (Fsp3) is 0.415. The van der Waals surface area contributed by atoms with Crippen molar-refractivity contribution in [3.05, 3.63) is 237 Å². The summed E-state index contributed by atoms with van der Waals surface area (Å²) in [6, 6.07) is 40.7. The second-order valence-electron chi connectivity index (χ2n) is 26.0. The topological polar surface area (TPSA) is 73.8 Å². The molecular formula is C82H92F8O8. The normalized spacial score (nSPS) is 20.8. The van der Waals surface area contributed by atoms with Crippen molar-refractivity contribution in [1.29, 1.82) is 0 Å². The second-order valence-corrected chi connectivity index (χ2v) is 26.0. The smallest absolute Gasteiger partial charge is 0.183 e. The molecule has 4 aliphatic rings. The van der Waals surface area contributed by atoms with E-state index in [1.807, 2.05) is 97.1 Å². The molecule has 12 rings (SSSR count). The van der Waals surface area contributed by atoms with Crippen molar-refractivity contribution in [3.8, 4) is 44.5 Å². The molecule has 0 amide bonds. The maximum Gasteiger partial charge on any atom is 0.183 e. The molecule has 0 aliphatic carbocycles. The second kappa shape index (κ2) is 36.8. The summed E-state index contributed by atoms with van der Waals surface area (Å²) in [6.45, 7) is 20.0. The van der Waals surface area contributed by atoms with Crippen LogP contribution >= 0.6 is 0 Å². The lowest BCUT2D eigenvalue weighted by Gasteiger charge is -2.29. The van der Waals surface area contributed by atoms with Gasteiger partial charge in [-0.1, -0.05) is 163 Å². The minimum Gasteiger partial charge on any atom is -0.348 e. The number of benzene rings is 8. The number of rotatable bonds is 18. The van der Waals surface area contributed by atoms with E-state index < -0.39 is 46.5 Å². The summed E-state index contributed by atoms with van der Waals surface area (Å²) in [7, 11) is 0. The highest BCUT2D eigenvalue weighted by molar-refractivity contribution is 5.67. The van der Waals surface area contributed by atoms with E-state index in [2.05, 4.69) is 27.7 Å². The zero-order chi connectivity index (χ0) is 69.8. The molecule has 98 heavy (non-hydrogen) atoms. The molecule has 0 N–H and O–H groups in total. The quantitative estimate of drug-likeness (QED) is 0.0621. The average Bonchev–Trinajstić information content (AvgIpc) is 0.844. The third kappa shape index (κ3) is 20.5. The first-order chi connectivity index (χ1) is 47.3. The van der Waals surface area contributed by atoms with E-state index in [1.165, 1.54) is 108 Å². The van der Waals surface area contributed by atoms with Crippen molar-refractivity contribution in [2.45, 2.75) is 145 Å². The molecule has 0 bridgehead atoms. The van der Waals surface area contributed by atoms with Crippen LogP contribution in [0.4, 0.5) is 35.1 Å². The van der Waals surface area contributed by atoms with E-state index in [4.69, 9.17) is 37.9 Å². The molecule has 4 saturated heterocycles. The molecule has 0 radical (unpaired) electrons. The lowest BCUT2D eigenvalue weighted by molar-refractivity contribution is -0.206. The summed E-state index contributed by atoms with van der Waals surface area (Å²) in [4.78, 5) is 0. The number of halogens is 8. The monoisotopic (exact) mass is 1360 g/mol. The SMILES string of the molecule is CCC1COC(c2ccc(-c3cc(F)c(C)c(F)c3)cc2)OC1.CCCC1COC(c2ccc(-c3cc(F)c(C)c(F)c3)cc2)OC1.CCCCC1COC(c2ccc(-c3cc(F)c(C)c(F)c3)cc2)OC1.CCCCCC1COC(c2ccc(-c3cc(F)c(C)c(F)c3)cc2)OC1. The predicted octanol–water partition coefficient (Wildman–Crippen LogP) is 22.4. The van der Waals surface area contributed by atoms with Crippen LogP contribution in [-0.4, -0.2) is 52.9 Å². The van der Waals surface area contributed by atoms with Gasteiger partial charge in [-0.15, -0.1) is 0 Å². The number of ether oxygens (including phenoxy) is 8. The van der Waals surface area contributed by atoms with Crippen molar-refractivity contribution in [1.82, 2.24) is 0 Å². The van der Waals surface area contributed by atoms with Gasteiger partial charge >= 0.3 is 0 Å². The summed E-state index contributed by atoms with van der Waals surface area (Å²) < 4.78 is 156. The first-order valence-corrected chi connectivity index (χ1v) is 34.5. The lowest BCUT2D eigenvalue weighted by atomic mass is 10.0. The van der Waals surface area contributed by atoms with Crippen molar-refractivity contribution in [2.24, 2.45) is 23.7 Å². The molecule has 4 aliphatic heterocycles. The van der Waals surface area contributed by atoms with Gasteiger partial charge in [0, 0.05) is 68.2 Å². The third-order valence-corrected chi connectivity index (χ3v) is 18.5. The first-order valence-electron chi connectivity index (χ1n) is 34.5. The van der Waals surface area contributed by atoms with E-state index >= 15 is 0 Å². The Morgan fingerprint density at radius 2 is 0.469 bits per heavy atom. The molecule has 8 aromatic carbocycles. The van der Waals surface area contributed by atoms with Crippen LogP contribution in [0.25, 0.3) is 44.5 Å². The Labute approximate surface area is 572 Å². The van der Waals surface area contributed by atoms with Gasteiger partial charge in [-0.05, 0) is 146 Å². The Morgan fingerprint density at radius 1 is 0.255 bits per heavy atom. The summed E-state index contributed by atoms with van der Waals surface area (Å²) in [5, 5.41) is 0. The van der Waals surface area contributed by atoms with E-state index in [-0.39, 0.29) is 47.4 Å². The molecule has 8 aromatic rings. The highest BCUT2D eigenvalue weighted by Gasteiger charge is 2.28. The van der Waals surface area contributed by atoms with Crippen LogP contribution in [0.2, 0.25) is 0 Å². The van der Waals surface area contributed by atoms with Gasteiger partial charge in [0.05, 0.1) is 52.9 Å². The zero-order valence-corrected chi connectivity index (χ0v) is 57.5. The van der Waals surface area contributed by atoms with Crippen molar-refractivity contribution >= 4 is 0 Å². The molecule has 16 heteroatoms. The molecule has 0 unspecified atom stereocenters. The first kappa shape index (κ1) is 75.1. The maximum atomic E-state index is 13.8. The third-order valence-electron chi connectivity index (χ3n) is 18.5. The minimum atomic E-state index is -0.534. The molecule has 4 heterocycles. The van der Waals surface area contributed by atoms with Crippen molar-refractivity contribution in [3.63, 3.8) is 0 Å². The van der Waals surface area contributed by atoms with Gasteiger partial charge in [0.1, 0.15) is 46.5 Å². The van der Waals surface area contributed by atoms with E-state index in [1.54, 1.807) is 0 Å². The predicted molar refractivity (Wildman–Crippen MR) is 368 cm³/mol. The van der Waals surface area contributed by atoms with Gasteiger partial charge < -0.3 is 37.9 Å². The van der Waals surface area contributed by atoms with E-state index in [0.29, 0.717) is 98.8 Å². The van der Waals surface area contributed by atoms with Crippen LogP contribution < -0.4 is 0 Å². The van der Waals surface area contributed by atoms with Gasteiger partial charge in [-0.2, -0.15) is 0 Å². The van der Waals surface area contributed by atoms with E-state index in [9.17, 15) is 35.1 Å². The number of hydrogen-bond donors (Lipinski definition) is 0. The van der Waals surface area contributed by atoms with Crippen LogP contribution in [-0.2, 0) is 37.9 Å². The Balaban J connectivity index is 0.000000153. The highest BCUT2D eigenvalue weighted by atomic mass is 19.2. The molecule has 0 atom stereocenters. The van der Waals surface area contributed by atoms with E-state index in [0.717, 1.165) is 76.6 Å². The fourth-order valence-corrected chi connectivity index (χ4v) is 11.8. The lowest BCUT2D eigenvalue weighted by Crippen LogP contribution is -2.27. The van der Waals surface area contributed by atoms with Crippen molar-refractivity contribution < 1.29 is 73.0 Å². The van der Waals surface area contributed by atoms with Crippen LogP contribution in [0.5, 0.6) is 0 Å². The van der Waals surface area contributed by atoms with Gasteiger partial charge in [0.25, 0.3) is 0 Å². The van der Waals surface area contributed by atoms with Gasteiger partial charge in [0.2, 0.25) is 0 Å². The highest BCUT2D eigenvalue weighted by Crippen LogP contribution is 2.36. The summed E-state index contributed by atoms with van der Waals surface area (Å²) in [6.07, 6.45) is 10.2. The Morgan fingerprint density at radius 3 is 0.684 bits per heavy atom. The Bertz CT molecular complexity index is 3690. The van der Waals surface area contributed by atoms with Gasteiger partial charge in [0.15, 0.2) is 25.2 Å². The largest absolute Gasteiger partial charge is 0.348 e. The molecule has 524 valence electrons. The molecule has 4 fully saturated rings. The minimum absolute atomic E-state index is 0.0415. The zero-order valence-electron chi connectivity index (χ0n) is 57.5. The molecule has 0 saturated carbocycles.